The molecule has 0 radical (unpaired) electrons. The van der Waals surface area contributed by atoms with Crippen molar-refractivity contribution in [3.05, 3.63) is 56.8 Å². The number of halogens is 2. The van der Waals surface area contributed by atoms with E-state index in [2.05, 4.69) is 23.8 Å². The van der Waals surface area contributed by atoms with Crippen molar-refractivity contribution in [2.24, 2.45) is 0 Å². The molecule has 2 nitrogen and oxygen atoms in total. The van der Waals surface area contributed by atoms with Gasteiger partial charge in [0, 0.05) is 17.1 Å². The van der Waals surface area contributed by atoms with E-state index in [1.807, 2.05) is 6.07 Å². The molecule has 0 aliphatic heterocycles. The van der Waals surface area contributed by atoms with Gasteiger partial charge in [-0.2, -0.15) is 0 Å². The van der Waals surface area contributed by atoms with Crippen molar-refractivity contribution in [3.63, 3.8) is 0 Å². The maximum absolute atomic E-state index is 13.0. The summed E-state index contributed by atoms with van der Waals surface area (Å²) in [6.45, 7) is 4.16. The first-order valence-electron chi connectivity index (χ1n) is 6.00. The normalized spacial score (nSPS) is 11.0. The topological polar surface area (TPSA) is 28.7 Å². The number of rotatable bonds is 3. The van der Waals surface area contributed by atoms with Gasteiger partial charge < -0.3 is 4.98 Å². The van der Waals surface area contributed by atoms with Crippen LogP contribution in [0.25, 0.3) is 0 Å². The van der Waals surface area contributed by atoms with Gasteiger partial charge in [-0.05, 0) is 29.7 Å². The third kappa shape index (κ3) is 3.61. The maximum atomic E-state index is 13.0. The zero-order valence-electron chi connectivity index (χ0n) is 10.7. The van der Waals surface area contributed by atoms with Gasteiger partial charge in [-0.3, -0.25) is 0 Å². The van der Waals surface area contributed by atoms with Crippen LogP contribution in [-0.4, -0.2) is 9.97 Å². The molecule has 0 fully saturated rings. The van der Waals surface area contributed by atoms with Crippen molar-refractivity contribution in [2.75, 3.05) is 0 Å². The molecule has 1 heterocycles. The molecule has 0 aliphatic carbocycles. The molecule has 0 unspecified atom stereocenters. The van der Waals surface area contributed by atoms with E-state index in [0.29, 0.717) is 22.0 Å². The van der Waals surface area contributed by atoms with E-state index in [1.165, 1.54) is 12.1 Å². The molecule has 1 aromatic heterocycles. The second-order valence-electron chi connectivity index (χ2n) is 4.69. The predicted molar refractivity (Wildman–Crippen MR) is 77.7 cm³/mol. The van der Waals surface area contributed by atoms with Gasteiger partial charge in [0.2, 0.25) is 0 Å². The highest BCUT2D eigenvalue weighted by molar-refractivity contribution is 7.71. The minimum Gasteiger partial charge on any atom is -0.347 e. The number of H-pyrrole nitrogens is 1. The van der Waals surface area contributed by atoms with E-state index < -0.39 is 0 Å². The third-order valence-corrected chi connectivity index (χ3v) is 3.37. The summed E-state index contributed by atoms with van der Waals surface area (Å²) in [4.78, 5) is 7.53. The average molecular weight is 297 g/mol. The molecule has 2 rings (SSSR count). The fourth-order valence-corrected chi connectivity index (χ4v) is 2.24. The molecule has 19 heavy (non-hydrogen) atoms. The Kier molecular flexibility index (Phi) is 4.32. The van der Waals surface area contributed by atoms with Crippen LogP contribution >= 0.6 is 23.8 Å². The number of aromatic amines is 1. The lowest BCUT2D eigenvalue weighted by atomic mass is 10.1. The number of aromatic nitrogens is 2. The molecule has 1 aromatic carbocycles. The molecule has 5 heteroatoms. The molecule has 0 saturated heterocycles. The van der Waals surface area contributed by atoms with Crippen molar-refractivity contribution in [2.45, 2.75) is 26.2 Å². The Bertz CT molecular complexity index is 652. The molecule has 0 spiro atoms. The average Bonchev–Trinajstić information content (AvgIpc) is 2.32. The Hall–Kier alpha value is -1.26. The highest BCUT2D eigenvalue weighted by atomic mass is 35.5. The summed E-state index contributed by atoms with van der Waals surface area (Å²) < 4.78 is 13.5. The van der Waals surface area contributed by atoms with Crippen molar-refractivity contribution < 1.29 is 4.39 Å². The molecular weight excluding hydrogens is 283 g/mol. The lowest BCUT2D eigenvalue weighted by Crippen LogP contribution is -2.02. The molecule has 100 valence electrons. The highest BCUT2D eigenvalue weighted by Gasteiger charge is 2.07. The van der Waals surface area contributed by atoms with Crippen molar-refractivity contribution in [1.29, 1.82) is 0 Å². The molecule has 0 atom stereocenters. The van der Waals surface area contributed by atoms with Gasteiger partial charge in [0.25, 0.3) is 0 Å². The Morgan fingerprint density at radius 3 is 2.74 bits per heavy atom. The Labute approximate surface area is 121 Å². The molecule has 0 aliphatic rings. The zero-order chi connectivity index (χ0) is 14.0. The Morgan fingerprint density at radius 1 is 1.37 bits per heavy atom. The van der Waals surface area contributed by atoms with Gasteiger partial charge in [-0.25, -0.2) is 9.37 Å². The lowest BCUT2D eigenvalue weighted by Gasteiger charge is -2.09. The number of hydrogen-bond donors (Lipinski definition) is 1. The van der Waals surface area contributed by atoms with Gasteiger partial charge in [0.05, 0.1) is 0 Å². The lowest BCUT2D eigenvalue weighted by molar-refractivity contribution is 0.627. The van der Waals surface area contributed by atoms with Crippen LogP contribution in [0.3, 0.4) is 0 Å². The predicted octanol–water partition coefficient (Wildman–Crippen LogP) is 4.65. The zero-order valence-corrected chi connectivity index (χ0v) is 12.3. The first-order chi connectivity index (χ1) is 8.95. The summed E-state index contributed by atoms with van der Waals surface area (Å²) in [6, 6.07) is 6.22. The fraction of sp³-hybridized carbons (Fsp3) is 0.286. The summed E-state index contributed by atoms with van der Waals surface area (Å²) in [7, 11) is 0. The second-order valence-corrected chi connectivity index (χ2v) is 5.51. The molecule has 0 saturated carbocycles. The van der Waals surface area contributed by atoms with Crippen LogP contribution in [0.4, 0.5) is 4.39 Å². The summed E-state index contributed by atoms with van der Waals surface area (Å²) in [5.41, 5.74) is 1.86. The van der Waals surface area contributed by atoms with Crippen molar-refractivity contribution in [1.82, 2.24) is 9.97 Å². The molecule has 0 bridgehead atoms. The minimum atomic E-state index is -0.342. The number of nitrogens with zero attached hydrogens (tertiary/aromatic N) is 1. The van der Waals surface area contributed by atoms with Crippen LogP contribution in [0.1, 0.15) is 36.8 Å². The smallest absolute Gasteiger partial charge is 0.130 e. The number of nitrogens with one attached hydrogen (secondary N) is 1. The van der Waals surface area contributed by atoms with E-state index in [1.54, 1.807) is 6.07 Å². The van der Waals surface area contributed by atoms with Gasteiger partial charge in [-0.1, -0.05) is 43.7 Å². The number of benzene rings is 1. The van der Waals surface area contributed by atoms with Gasteiger partial charge in [-0.15, -0.1) is 0 Å². The molecular formula is C14H14ClFN2S. The van der Waals surface area contributed by atoms with E-state index in [9.17, 15) is 4.39 Å². The van der Waals surface area contributed by atoms with E-state index in [0.717, 1.165) is 17.1 Å². The Balaban J connectivity index is 2.35. The van der Waals surface area contributed by atoms with Crippen LogP contribution in [0.15, 0.2) is 24.3 Å². The van der Waals surface area contributed by atoms with Crippen LogP contribution < -0.4 is 0 Å². The second kappa shape index (κ2) is 5.80. The summed E-state index contributed by atoms with van der Waals surface area (Å²) in [5.74, 6) is 0.738. The van der Waals surface area contributed by atoms with E-state index >= 15 is 0 Å². The van der Waals surface area contributed by atoms with Crippen LogP contribution in [0, 0.1) is 10.5 Å². The third-order valence-electron chi connectivity index (χ3n) is 2.81. The minimum absolute atomic E-state index is 0.340. The summed E-state index contributed by atoms with van der Waals surface area (Å²) in [6.07, 6.45) is 0.503. The maximum Gasteiger partial charge on any atom is 0.130 e. The van der Waals surface area contributed by atoms with E-state index in [-0.39, 0.29) is 5.82 Å². The SMILES string of the molecule is CC(C)c1cc(=S)nc(Cc2ccc(F)cc2Cl)[nH]1. The fourth-order valence-electron chi connectivity index (χ4n) is 1.77. The van der Waals surface area contributed by atoms with Crippen LogP contribution in [0.2, 0.25) is 5.02 Å². The van der Waals surface area contributed by atoms with E-state index in [4.69, 9.17) is 23.8 Å². The van der Waals surface area contributed by atoms with Gasteiger partial charge in [0.1, 0.15) is 16.3 Å². The quantitative estimate of drug-likeness (QED) is 0.836. The highest BCUT2D eigenvalue weighted by Crippen LogP contribution is 2.20. The van der Waals surface area contributed by atoms with Crippen LogP contribution in [0.5, 0.6) is 0 Å². The molecule has 1 N–H and O–H groups in total. The van der Waals surface area contributed by atoms with Crippen molar-refractivity contribution in [3.8, 4) is 0 Å². The van der Waals surface area contributed by atoms with Gasteiger partial charge >= 0.3 is 0 Å². The standard InChI is InChI=1S/C14H14ClFN2S/c1-8(2)12-7-14(19)18-13(17-12)5-9-3-4-10(16)6-11(9)15/h3-4,6-8H,5H2,1-2H3,(H,17,18,19). The molecule has 0 amide bonds. The largest absolute Gasteiger partial charge is 0.347 e. The Morgan fingerprint density at radius 2 is 2.11 bits per heavy atom. The first kappa shape index (κ1) is 14.2. The first-order valence-corrected chi connectivity index (χ1v) is 6.78. The van der Waals surface area contributed by atoms with Crippen LogP contribution in [-0.2, 0) is 6.42 Å². The molecule has 2 aromatic rings. The van der Waals surface area contributed by atoms with Crippen molar-refractivity contribution >= 4 is 23.8 Å². The number of hydrogen-bond acceptors (Lipinski definition) is 2. The summed E-state index contributed by atoms with van der Waals surface area (Å²) >= 11 is 11.2. The monoisotopic (exact) mass is 296 g/mol. The van der Waals surface area contributed by atoms with Gasteiger partial charge in [0.15, 0.2) is 0 Å². The summed E-state index contributed by atoms with van der Waals surface area (Å²) in [5, 5.41) is 0.399.